The SMILES string of the molecule is Cc1cc(Nc2ncnc3cc(C#CC4CCCN4)sc23)ccc1Oc1ccccn1. The molecule has 0 aliphatic carbocycles. The van der Waals surface area contributed by atoms with Gasteiger partial charge in [0, 0.05) is 18.0 Å². The summed E-state index contributed by atoms with van der Waals surface area (Å²) in [5.74, 6) is 8.74. The van der Waals surface area contributed by atoms with Crippen LogP contribution in [0, 0.1) is 18.8 Å². The van der Waals surface area contributed by atoms with E-state index in [0.717, 1.165) is 50.9 Å². The zero-order valence-corrected chi connectivity index (χ0v) is 17.9. The molecule has 31 heavy (non-hydrogen) atoms. The van der Waals surface area contributed by atoms with Gasteiger partial charge in [-0.25, -0.2) is 15.0 Å². The van der Waals surface area contributed by atoms with Gasteiger partial charge in [0.2, 0.25) is 5.88 Å². The molecule has 1 unspecified atom stereocenters. The van der Waals surface area contributed by atoms with E-state index < -0.39 is 0 Å². The molecule has 7 heteroatoms. The van der Waals surface area contributed by atoms with Crippen molar-refractivity contribution in [2.45, 2.75) is 25.8 Å². The molecule has 0 bridgehead atoms. The molecule has 0 saturated carbocycles. The van der Waals surface area contributed by atoms with Crippen molar-refractivity contribution in [1.82, 2.24) is 20.3 Å². The first kappa shape index (κ1) is 19.5. The van der Waals surface area contributed by atoms with Crippen LogP contribution in [0.3, 0.4) is 0 Å². The Bertz CT molecular complexity index is 1270. The molecule has 0 amide bonds. The number of anilines is 2. The molecule has 4 aromatic rings. The fourth-order valence-corrected chi connectivity index (χ4v) is 4.39. The molecule has 1 aromatic carbocycles. The van der Waals surface area contributed by atoms with E-state index in [0.29, 0.717) is 11.9 Å². The molecule has 2 N–H and O–H groups in total. The quantitative estimate of drug-likeness (QED) is 0.445. The largest absolute Gasteiger partial charge is 0.439 e. The molecule has 5 rings (SSSR count). The molecule has 0 spiro atoms. The second-order valence-electron chi connectivity index (χ2n) is 7.34. The number of fused-ring (bicyclic) bond motifs is 1. The molecule has 154 valence electrons. The highest BCUT2D eigenvalue weighted by Crippen LogP contribution is 2.32. The number of thiophene rings is 1. The zero-order valence-electron chi connectivity index (χ0n) is 17.1. The summed E-state index contributed by atoms with van der Waals surface area (Å²) in [6, 6.07) is 13.9. The Morgan fingerprint density at radius 2 is 2.13 bits per heavy atom. The normalized spacial score (nSPS) is 15.5. The standard InChI is InChI=1S/C24H21N5OS/c1-16-13-18(8-10-21(16)30-22-6-2-3-11-26-22)29-24-23-20(27-15-28-24)14-19(31-23)9-7-17-5-4-12-25-17/h2-3,6,8,10-11,13-15,17,25H,4-5,12H2,1H3,(H,27,28,29). The number of aromatic nitrogens is 3. The van der Waals surface area contributed by atoms with E-state index in [1.54, 1.807) is 23.9 Å². The monoisotopic (exact) mass is 427 g/mol. The van der Waals surface area contributed by atoms with Crippen molar-refractivity contribution in [3.63, 3.8) is 0 Å². The van der Waals surface area contributed by atoms with Crippen molar-refractivity contribution >= 4 is 33.1 Å². The number of rotatable bonds is 4. The van der Waals surface area contributed by atoms with Crippen molar-refractivity contribution in [1.29, 1.82) is 0 Å². The highest BCUT2D eigenvalue weighted by Gasteiger charge is 2.12. The predicted octanol–water partition coefficient (Wildman–Crippen LogP) is 5.03. The number of ether oxygens (including phenoxy) is 1. The molecular formula is C24H21N5OS. The van der Waals surface area contributed by atoms with E-state index in [2.05, 4.69) is 37.4 Å². The minimum Gasteiger partial charge on any atom is -0.439 e. The van der Waals surface area contributed by atoms with Crippen LogP contribution < -0.4 is 15.4 Å². The fourth-order valence-electron chi connectivity index (χ4n) is 3.47. The summed E-state index contributed by atoms with van der Waals surface area (Å²) in [6.45, 7) is 3.06. The third kappa shape index (κ3) is 4.50. The minimum atomic E-state index is 0.295. The summed E-state index contributed by atoms with van der Waals surface area (Å²) in [6.07, 6.45) is 5.60. The Labute approximate surface area is 184 Å². The Morgan fingerprint density at radius 1 is 1.16 bits per heavy atom. The number of benzene rings is 1. The van der Waals surface area contributed by atoms with Crippen molar-refractivity contribution < 1.29 is 4.74 Å². The van der Waals surface area contributed by atoms with Gasteiger partial charge < -0.3 is 15.4 Å². The zero-order chi connectivity index (χ0) is 21.0. The summed E-state index contributed by atoms with van der Waals surface area (Å²) in [7, 11) is 0. The van der Waals surface area contributed by atoms with Crippen LogP contribution >= 0.6 is 11.3 Å². The molecule has 1 fully saturated rings. The van der Waals surface area contributed by atoms with Crippen LogP contribution in [0.1, 0.15) is 23.3 Å². The van der Waals surface area contributed by atoms with E-state index >= 15 is 0 Å². The number of pyridine rings is 1. The maximum Gasteiger partial charge on any atom is 0.219 e. The van der Waals surface area contributed by atoms with Crippen LogP contribution in [0.25, 0.3) is 10.2 Å². The van der Waals surface area contributed by atoms with Gasteiger partial charge in [-0.1, -0.05) is 17.9 Å². The molecule has 1 aliphatic heterocycles. The fraction of sp³-hybridized carbons (Fsp3) is 0.208. The first-order valence-electron chi connectivity index (χ1n) is 10.2. The van der Waals surface area contributed by atoms with Gasteiger partial charge in [-0.3, -0.25) is 0 Å². The molecular weight excluding hydrogens is 406 g/mol. The topological polar surface area (TPSA) is 72.0 Å². The van der Waals surface area contributed by atoms with Crippen LogP contribution in [0.5, 0.6) is 11.6 Å². The Hall–Kier alpha value is -3.47. The first-order chi connectivity index (χ1) is 15.2. The Balaban J connectivity index is 1.36. The van der Waals surface area contributed by atoms with Crippen molar-refractivity contribution in [2.24, 2.45) is 0 Å². The van der Waals surface area contributed by atoms with Crippen LogP contribution in [-0.4, -0.2) is 27.5 Å². The van der Waals surface area contributed by atoms with Gasteiger partial charge in [-0.15, -0.1) is 11.3 Å². The van der Waals surface area contributed by atoms with E-state index in [1.165, 1.54) is 6.42 Å². The maximum atomic E-state index is 5.87. The van der Waals surface area contributed by atoms with Crippen LogP contribution in [0.4, 0.5) is 11.5 Å². The Kier molecular flexibility index (Phi) is 5.48. The summed E-state index contributed by atoms with van der Waals surface area (Å²) < 4.78 is 6.87. The smallest absolute Gasteiger partial charge is 0.219 e. The molecule has 0 radical (unpaired) electrons. The van der Waals surface area contributed by atoms with Crippen LogP contribution in [-0.2, 0) is 0 Å². The molecule has 1 saturated heterocycles. The number of hydrogen-bond acceptors (Lipinski definition) is 7. The summed E-state index contributed by atoms with van der Waals surface area (Å²) in [4.78, 5) is 14.1. The molecule has 1 aliphatic rings. The van der Waals surface area contributed by atoms with Crippen LogP contribution in [0.2, 0.25) is 0 Å². The minimum absolute atomic E-state index is 0.295. The maximum absolute atomic E-state index is 5.87. The van der Waals surface area contributed by atoms with Gasteiger partial charge in [0.15, 0.2) is 5.82 Å². The van der Waals surface area contributed by atoms with Gasteiger partial charge in [-0.2, -0.15) is 0 Å². The third-order valence-corrected chi connectivity index (χ3v) is 6.08. The van der Waals surface area contributed by atoms with E-state index in [-0.39, 0.29) is 0 Å². The lowest BCUT2D eigenvalue weighted by atomic mass is 10.2. The molecule has 4 heterocycles. The van der Waals surface area contributed by atoms with Crippen molar-refractivity contribution in [3.8, 4) is 23.5 Å². The van der Waals surface area contributed by atoms with Gasteiger partial charge in [0.05, 0.1) is 21.1 Å². The molecule has 3 aromatic heterocycles. The number of hydrogen-bond donors (Lipinski definition) is 2. The lowest BCUT2D eigenvalue weighted by molar-refractivity contribution is 0.459. The second kappa shape index (κ2) is 8.72. The van der Waals surface area contributed by atoms with Gasteiger partial charge >= 0.3 is 0 Å². The molecule has 6 nitrogen and oxygen atoms in total. The number of aryl methyl sites for hydroxylation is 1. The third-order valence-electron chi connectivity index (χ3n) is 5.03. The van der Waals surface area contributed by atoms with Gasteiger partial charge in [0.1, 0.15) is 12.1 Å². The van der Waals surface area contributed by atoms with E-state index in [1.807, 2.05) is 49.4 Å². The number of nitrogens with zero attached hydrogens (tertiary/aromatic N) is 3. The molecule has 1 atom stereocenters. The van der Waals surface area contributed by atoms with Crippen LogP contribution in [0.15, 0.2) is 55.0 Å². The summed E-state index contributed by atoms with van der Waals surface area (Å²) >= 11 is 1.61. The highest BCUT2D eigenvalue weighted by molar-refractivity contribution is 7.20. The van der Waals surface area contributed by atoms with Gasteiger partial charge in [-0.05, 0) is 62.2 Å². The lowest BCUT2D eigenvalue weighted by Crippen LogP contribution is -2.18. The summed E-state index contributed by atoms with van der Waals surface area (Å²) in [5.41, 5.74) is 2.84. The number of nitrogens with one attached hydrogen (secondary N) is 2. The van der Waals surface area contributed by atoms with E-state index in [9.17, 15) is 0 Å². The first-order valence-corrected chi connectivity index (χ1v) is 11.0. The Morgan fingerprint density at radius 3 is 2.94 bits per heavy atom. The van der Waals surface area contributed by atoms with Gasteiger partial charge in [0.25, 0.3) is 0 Å². The average Bonchev–Trinajstić information content (AvgIpc) is 3.45. The predicted molar refractivity (Wildman–Crippen MR) is 124 cm³/mol. The van der Waals surface area contributed by atoms with Crippen molar-refractivity contribution in [3.05, 3.63) is 65.4 Å². The highest BCUT2D eigenvalue weighted by atomic mass is 32.1. The van der Waals surface area contributed by atoms with Crippen molar-refractivity contribution in [2.75, 3.05) is 11.9 Å². The van der Waals surface area contributed by atoms with E-state index in [4.69, 9.17) is 4.74 Å². The second-order valence-corrected chi connectivity index (χ2v) is 8.39. The lowest BCUT2D eigenvalue weighted by Gasteiger charge is -2.11. The average molecular weight is 428 g/mol. The summed E-state index contributed by atoms with van der Waals surface area (Å²) in [5, 5.41) is 6.82.